The molecule has 5 heteroatoms. The fourth-order valence-electron chi connectivity index (χ4n) is 3.28. The number of aromatic nitrogens is 2. The summed E-state index contributed by atoms with van der Waals surface area (Å²) in [5.74, 6) is 3.12. The molecule has 21 heavy (non-hydrogen) atoms. The lowest BCUT2D eigenvalue weighted by Crippen LogP contribution is -2.18. The Labute approximate surface area is 127 Å². The molecule has 1 N–H and O–H groups in total. The van der Waals surface area contributed by atoms with Crippen LogP contribution in [0, 0.1) is 0 Å². The van der Waals surface area contributed by atoms with Crippen molar-refractivity contribution in [1.29, 1.82) is 0 Å². The summed E-state index contributed by atoms with van der Waals surface area (Å²) >= 11 is 1.99. The fourth-order valence-corrected chi connectivity index (χ4v) is 4.36. The third kappa shape index (κ3) is 2.24. The van der Waals surface area contributed by atoms with Crippen LogP contribution >= 0.6 is 11.8 Å². The smallest absolute Gasteiger partial charge is 0.337 e. The number of imidazole rings is 1. The Kier molecular flexibility index (Phi) is 3.17. The molecule has 1 aliphatic carbocycles. The number of hydrogen-bond donors (Lipinski definition) is 1. The molecule has 4 nitrogen and oxygen atoms in total. The highest BCUT2D eigenvalue weighted by atomic mass is 32.2. The molecule has 2 aliphatic rings. The van der Waals surface area contributed by atoms with Gasteiger partial charge in [-0.1, -0.05) is 6.07 Å². The number of aromatic carboxylic acids is 1. The molecule has 1 aromatic heterocycles. The fraction of sp³-hybridized carbons (Fsp3) is 0.500. The van der Waals surface area contributed by atoms with Gasteiger partial charge in [0, 0.05) is 12.0 Å². The zero-order valence-corrected chi connectivity index (χ0v) is 12.6. The van der Waals surface area contributed by atoms with E-state index in [1.807, 2.05) is 17.8 Å². The Morgan fingerprint density at radius 3 is 2.67 bits per heavy atom. The van der Waals surface area contributed by atoms with Crippen LogP contribution in [0.4, 0.5) is 0 Å². The highest BCUT2D eigenvalue weighted by Gasteiger charge is 2.33. The van der Waals surface area contributed by atoms with Crippen molar-refractivity contribution in [3.63, 3.8) is 0 Å². The van der Waals surface area contributed by atoms with Crippen molar-refractivity contribution in [2.45, 2.75) is 37.6 Å². The lowest BCUT2D eigenvalue weighted by Gasteiger charge is -2.25. The van der Waals surface area contributed by atoms with Gasteiger partial charge < -0.3 is 9.67 Å². The third-order valence-electron chi connectivity index (χ3n) is 4.47. The molecular formula is C16H18N2O2S. The van der Waals surface area contributed by atoms with Crippen LogP contribution in [0.3, 0.4) is 0 Å². The van der Waals surface area contributed by atoms with Crippen molar-refractivity contribution in [3.05, 3.63) is 29.6 Å². The van der Waals surface area contributed by atoms with Crippen LogP contribution in [-0.4, -0.2) is 32.1 Å². The molecular weight excluding hydrogens is 284 g/mol. The van der Waals surface area contributed by atoms with Crippen molar-refractivity contribution in [3.8, 4) is 0 Å². The zero-order chi connectivity index (χ0) is 14.4. The van der Waals surface area contributed by atoms with Crippen molar-refractivity contribution in [1.82, 2.24) is 9.55 Å². The van der Waals surface area contributed by atoms with Crippen LogP contribution in [0.5, 0.6) is 0 Å². The van der Waals surface area contributed by atoms with Gasteiger partial charge in [-0.3, -0.25) is 0 Å². The molecule has 0 bridgehead atoms. The molecule has 0 atom stereocenters. The first-order valence-corrected chi connectivity index (χ1v) is 8.73. The van der Waals surface area contributed by atoms with Crippen LogP contribution < -0.4 is 0 Å². The number of carbonyl (C=O) groups is 1. The van der Waals surface area contributed by atoms with E-state index in [2.05, 4.69) is 4.57 Å². The van der Waals surface area contributed by atoms with Gasteiger partial charge in [-0.15, -0.1) is 0 Å². The Morgan fingerprint density at radius 1 is 1.24 bits per heavy atom. The monoisotopic (exact) mass is 302 g/mol. The molecule has 1 saturated carbocycles. The van der Waals surface area contributed by atoms with Gasteiger partial charge in [-0.2, -0.15) is 11.8 Å². The molecule has 0 amide bonds. The summed E-state index contributed by atoms with van der Waals surface area (Å²) in [6, 6.07) is 5.86. The van der Waals surface area contributed by atoms with Gasteiger partial charge in [0.1, 0.15) is 5.82 Å². The minimum absolute atomic E-state index is 0.394. The number of fused-ring (bicyclic) bond motifs is 1. The van der Waals surface area contributed by atoms with E-state index in [4.69, 9.17) is 4.98 Å². The first-order chi connectivity index (χ1) is 10.3. The van der Waals surface area contributed by atoms with Crippen molar-refractivity contribution >= 4 is 28.8 Å². The number of thioether (sulfide) groups is 1. The number of para-hydroxylation sites is 1. The highest BCUT2D eigenvalue weighted by Crippen LogP contribution is 2.44. The second-order valence-electron chi connectivity index (χ2n) is 5.94. The van der Waals surface area contributed by atoms with Gasteiger partial charge in [-0.05, 0) is 49.3 Å². The van der Waals surface area contributed by atoms with Gasteiger partial charge in [-0.25, -0.2) is 9.78 Å². The normalized spacial score (nSPS) is 20.0. The number of carboxylic acid groups (broad SMARTS) is 1. The van der Waals surface area contributed by atoms with E-state index >= 15 is 0 Å². The predicted octanol–water partition coefficient (Wildman–Crippen LogP) is 3.68. The largest absolute Gasteiger partial charge is 0.478 e. The van der Waals surface area contributed by atoms with Crippen LogP contribution in [0.1, 0.15) is 53.8 Å². The van der Waals surface area contributed by atoms with E-state index < -0.39 is 5.97 Å². The lowest BCUT2D eigenvalue weighted by atomic mass is 10.1. The minimum atomic E-state index is -0.853. The molecule has 1 saturated heterocycles. The number of carboxylic acids is 1. The maximum atomic E-state index is 11.6. The maximum absolute atomic E-state index is 11.6. The van der Waals surface area contributed by atoms with Crippen LogP contribution in [0.25, 0.3) is 11.0 Å². The summed E-state index contributed by atoms with van der Waals surface area (Å²) in [7, 11) is 0. The number of hydrogen-bond acceptors (Lipinski definition) is 3. The second kappa shape index (κ2) is 5.05. The van der Waals surface area contributed by atoms with Crippen LogP contribution in [-0.2, 0) is 0 Å². The first-order valence-electron chi connectivity index (χ1n) is 7.57. The van der Waals surface area contributed by atoms with Gasteiger partial charge in [0.15, 0.2) is 0 Å². The molecule has 1 aliphatic heterocycles. The summed E-state index contributed by atoms with van der Waals surface area (Å²) in [4.78, 5) is 16.4. The van der Waals surface area contributed by atoms with E-state index in [1.165, 1.54) is 12.8 Å². The maximum Gasteiger partial charge on any atom is 0.337 e. The molecule has 2 heterocycles. The van der Waals surface area contributed by atoms with E-state index in [-0.39, 0.29) is 0 Å². The van der Waals surface area contributed by atoms with E-state index in [0.29, 0.717) is 17.5 Å². The Bertz CT molecular complexity index is 700. The summed E-state index contributed by atoms with van der Waals surface area (Å²) in [6.45, 7) is 0. The zero-order valence-electron chi connectivity index (χ0n) is 11.8. The standard InChI is InChI=1S/C16H18N2O2S/c19-16(20)12-2-1-3-13-14(12)18(11-6-8-21-9-7-11)15(17-13)10-4-5-10/h1-3,10-11H,4-9H2,(H,19,20). The van der Waals surface area contributed by atoms with Gasteiger partial charge >= 0.3 is 5.97 Å². The molecule has 0 unspecified atom stereocenters. The molecule has 2 fully saturated rings. The molecule has 4 rings (SSSR count). The van der Waals surface area contributed by atoms with Crippen molar-refractivity contribution in [2.24, 2.45) is 0 Å². The summed E-state index contributed by atoms with van der Waals surface area (Å²) < 4.78 is 2.27. The Hall–Kier alpha value is -1.49. The van der Waals surface area contributed by atoms with Gasteiger partial charge in [0.05, 0.1) is 16.6 Å². The topological polar surface area (TPSA) is 55.1 Å². The molecule has 0 radical (unpaired) electrons. The summed E-state index contributed by atoms with van der Waals surface area (Å²) in [5, 5.41) is 9.52. The van der Waals surface area contributed by atoms with Gasteiger partial charge in [0.25, 0.3) is 0 Å². The minimum Gasteiger partial charge on any atom is -0.478 e. The van der Waals surface area contributed by atoms with Gasteiger partial charge in [0.2, 0.25) is 0 Å². The molecule has 1 aromatic carbocycles. The van der Waals surface area contributed by atoms with Crippen molar-refractivity contribution < 1.29 is 9.90 Å². The third-order valence-corrected chi connectivity index (χ3v) is 5.52. The molecule has 2 aromatic rings. The van der Waals surface area contributed by atoms with Crippen LogP contribution in [0.2, 0.25) is 0 Å². The Morgan fingerprint density at radius 2 is 2.00 bits per heavy atom. The van der Waals surface area contributed by atoms with Crippen molar-refractivity contribution in [2.75, 3.05) is 11.5 Å². The number of rotatable bonds is 3. The van der Waals surface area contributed by atoms with E-state index in [9.17, 15) is 9.90 Å². The summed E-state index contributed by atoms with van der Waals surface area (Å²) in [5.41, 5.74) is 2.07. The van der Waals surface area contributed by atoms with E-state index in [0.717, 1.165) is 41.2 Å². The summed E-state index contributed by atoms with van der Waals surface area (Å²) in [6.07, 6.45) is 4.61. The molecule has 110 valence electrons. The SMILES string of the molecule is O=C(O)c1cccc2nc(C3CC3)n(C3CCSCC3)c12. The number of benzene rings is 1. The Balaban J connectivity index is 1.95. The molecule has 0 spiro atoms. The van der Waals surface area contributed by atoms with E-state index in [1.54, 1.807) is 12.1 Å². The predicted molar refractivity (Wildman–Crippen MR) is 84.3 cm³/mol. The average Bonchev–Trinajstić information content (AvgIpc) is 3.27. The average molecular weight is 302 g/mol. The number of nitrogens with zero attached hydrogens (tertiary/aromatic N) is 2. The second-order valence-corrected chi connectivity index (χ2v) is 7.16. The first kappa shape index (κ1) is 13.2. The van der Waals surface area contributed by atoms with Crippen LogP contribution in [0.15, 0.2) is 18.2 Å². The quantitative estimate of drug-likeness (QED) is 0.939. The lowest BCUT2D eigenvalue weighted by molar-refractivity contribution is 0.0698. The highest BCUT2D eigenvalue weighted by molar-refractivity contribution is 7.99.